The lowest BCUT2D eigenvalue weighted by Gasteiger charge is -2.03. The molecule has 5 heteroatoms. The lowest BCUT2D eigenvalue weighted by atomic mass is 10.2. The second kappa shape index (κ2) is 4.71. The number of amides is 2. The van der Waals surface area contributed by atoms with E-state index in [1.165, 1.54) is 12.1 Å². The van der Waals surface area contributed by atoms with Gasteiger partial charge in [0.2, 0.25) is 0 Å². The number of benzene rings is 1. The molecule has 0 saturated heterocycles. The van der Waals surface area contributed by atoms with Gasteiger partial charge in [0.05, 0.1) is 0 Å². The van der Waals surface area contributed by atoms with Gasteiger partial charge >= 0.3 is 6.03 Å². The number of nitrogens with one attached hydrogen (secondary N) is 2. The van der Waals surface area contributed by atoms with E-state index in [2.05, 4.69) is 22.9 Å². The van der Waals surface area contributed by atoms with Gasteiger partial charge in [-0.25, -0.2) is 9.18 Å². The summed E-state index contributed by atoms with van der Waals surface area (Å²) in [6.45, 7) is 0.282. The number of thiol groups is 1. The highest BCUT2D eigenvalue weighted by molar-refractivity contribution is 7.78. The van der Waals surface area contributed by atoms with Crippen molar-refractivity contribution >= 4 is 18.8 Å². The Kier molecular flexibility index (Phi) is 3.57. The van der Waals surface area contributed by atoms with Crippen molar-refractivity contribution in [2.45, 2.75) is 6.54 Å². The molecule has 1 aromatic carbocycles. The van der Waals surface area contributed by atoms with E-state index in [4.69, 9.17) is 0 Å². The van der Waals surface area contributed by atoms with Crippen LogP contribution in [-0.4, -0.2) is 6.03 Å². The summed E-state index contributed by atoms with van der Waals surface area (Å²) in [7, 11) is 0. The molecule has 1 rings (SSSR count). The smallest absolute Gasteiger partial charge is 0.324 e. The molecule has 13 heavy (non-hydrogen) atoms. The van der Waals surface area contributed by atoms with Gasteiger partial charge in [-0.1, -0.05) is 24.9 Å². The molecule has 0 bridgehead atoms. The molecule has 0 atom stereocenters. The monoisotopic (exact) mass is 200 g/mol. The first-order valence-electron chi connectivity index (χ1n) is 3.65. The average molecular weight is 200 g/mol. The predicted octanol–water partition coefficient (Wildman–Crippen LogP) is 1.47. The maximum atomic E-state index is 12.6. The summed E-state index contributed by atoms with van der Waals surface area (Å²) < 4.78 is 14.7. The molecule has 0 aliphatic heterocycles. The molecule has 0 radical (unpaired) electrons. The third-order valence-electron chi connectivity index (χ3n) is 1.44. The standard InChI is InChI=1S/C8H9FN2OS/c9-7-3-1-2-6(4-7)5-10-8(12)11-13/h1-4,13H,5H2,(H2,10,11,12). The maximum Gasteiger partial charge on any atom is 0.324 e. The summed E-state index contributed by atoms with van der Waals surface area (Å²) in [5, 5.41) is 2.48. The molecule has 0 heterocycles. The Morgan fingerprint density at radius 3 is 2.92 bits per heavy atom. The highest BCUT2D eigenvalue weighted by atomic mass is 32.1. The Bertz CT molecular complexity index is 306. The van der Waals surface area contributed by atoms with E-state index in [1.807, 2.05) is 0 Å². The number of hydrogen-bond acceptors (Lipinski definition) is 2. The Labute approximate surface area is 80.9 Å². The minimum absolute atomic E-state index is 0.282. The normalized spacial score (nSPS) is 9.38. The number of carbonyl (C=O) groups is 1. The van der Waals surface area contributed by atoms with Crippen LogP contribution in [0.1, 0.15) is 5.56 Å². The van der Waals surface area contributed by atoms with E-state index < -0.39 is 6.03 Å². The predicted molar refractivity (Wildman–Crippen MR) is 50.8 cm³/mol. The zero-order chi connectivity index (χ0) is 9.68. The first-order chi connectivity index (χ1) is 6.22. The van der Waals surface area contributed by atoms with Crippen LogP contribution >= 0.6 is 12.8 Å². The molecular weight excluding hydrogens is 191 g/mol. The Balaban J connectivity index is 2.50. The molecule has 2 amide bonds. The maximum absolute atomic E-state index is 12.6. The van der Waals surface area contributed by atoms with Crippen molar-refractivity contribution in [2.75, 3.05) is 0 Å². The second-order valence-corrected chi connectivity index (χ2v) is 2.65. The van der Waals surface area contributed by atoms with Crippen molar-refractivity contribution in [2.24, 2.45) is 0 Å². The molecule has 0 aliphatic rings. The van der Waals surface area contributed by atoms with Gasteiger partial charge in [-0.2, -0.15) is 0 Å². The minimum atomic E-state index is -0.410. The number of urea groups is 1. The third-order valence-corrected chi connectivity index (χ3v) is 1.65. The fraction of sp³-hybridized carbons (Fsp3) is 0.125. The molecule has 70 valence electrons. The highest BCUT2D eigenvalue weighted by Crippen LogP contribution is 2.02. The van der Waals surface area contributed by atoms with E-state index >= 15 is 0 Å². The zero-order valence-electron chi connectivity index (χ0n) is 6.75. The molecule has 0 spiro atoms. The van der Waals surface area contributed by atoms with Crippen LogP contribution in [0.2, 0.25) is 0 Å². The molecule has 0 saturated carbocycles. The lowest BCUT2D eigenvalue weighted by Crippen LogP contribution is -2.29. The van der Waals surface area contributed by atoms with Gasteiger partial charge < -0.3 is 5.32 Å². The number of rotatable bonds is 2. The average Bonchev–Trinajstić information content (AvgIpc) is 2.14. The van der Waals surface area contributed by atoms with Gasteiger partial charge in [0.25, 0.3) is 0 Å². The SMILES string of the molecule is O=C(NS)NCc1cccc(F)c1. The van der Waals surface area contributed by atoms with Crippen LogP contribution in [0.25, 0.3) is 0 Å². The first kappa shape index (κ1) is 9.85. The summed E-state index contributed by atoms with van der Waals surface area (Å²) in [4.78, 5) is 10.7. The van der Waals surface area contributed by atoms with Gasteiger partial charge in [-0.3, -0.25) is 4.72 Å². The second-order valence-electron chi connectivity index (χ2n) is 2.42. The summed E-state index contributed by atoms with van der Waals surface area (Å²) in [5.74, 6) is -0.314. The summed E-state index contributed by atoms with van der Waals surface area (Å²) in [6.07, 6.45) is 0. The van der Waals surface area contributed by atoms with Gasteiger partial charge in [0.1, 0.15) is 5.82 Å². The number of halogens is 1. The molecule has 0 aliphatic carbocycles. The van der Waals surface area contributed by atoms with Crippen LogP contribution < -0.4 is 10.0 Å². The van der Waals surface area contributed by atoms with E-state index in [0.717, 1.165) is 0 Å². The molecule has 1 aromatic rings. The van der Waals surface area contributed by atoms with Crippen LogP contribution in [0.3, 0.4) is 0 Å². The quantitative estimate of drug-likeness (QED) is 0.622. The number of hydrogen-bond donors (Lipinski definition) is 3. The summed E-state index contributed by atoms with van der Waals surface area (Å²) >= 11 is 3.55. The molecule has 3 nitrogen and oxygen atoms in total. The fourth-order valence-electron chi connectivity index (χ4n) is 0.869. The Morgan fingerprint density at radius 2 is 2.31 bits per heavy atom. The van der Waals surface area contributed by atoms with Gasteiger partial charge in [-0.15, -0.1) is 0 Å². The summed E-state index contributed by atoms with van der Waals surface area (Å²) in [6, 6.07) is 5.61. The molecule has 0 unspecified atom stereocenters. The fourth-order valence-corrected chi connectivity index (χ4v) is 0.948. The van der Waals surface area contributed by atoms with Crippen LogP contribution in [0.4, 0.5) is 9.18 Å². The van der Waals surface area contributed by atoms with Gasteiger partial charge in [0.15, 0.2) is 0 Å². The Morgan fingerprint density at radius 1 is 1.54 bits per heavy atom. The van der Waals surface area contributed by atoms with E-state index in [1.54, 1.807) is 12.1 Å². The lowest BCUT2D eigenvalue weighted by molar-refractivity contribution is 0.246. The summed E-state index contributed by atoms with van der Waals surface area (Å²) in [5.41, 5.74) is 0.705. The van der Waals surface area contributed by atoms with Crippen molar-refractivity contribution in [1.29, 1.82) is 0 Å². The van der Waals surface area contributed by atoms with Crippen LogP contribution in [0.15, 0.2) is 24.3 Å². The van der Waals surface area contributed by atoms with Crippen molar-refractivity contribution in [3.8, 4) is 0 Å². The van der Waals surface area contributed by atoms with Crippen molar-refractivity contribution in [3.05, 3.63) is 35.6 Å². The van der Waals surface area contributed by atoms with E-state index in [9.17, 15) is 9.18 Å². The molecule has 2 N–H and O–H groups in total. The van der Waals surface area contributed by atoms with Gasteiger partial charge in [0, 0.05) is 6.54 Å². The number of carbonyl (C=O) groups excluding carboxylic acids is 1. The highest BCUT2D eigenvalue weighted by Gasteiger charge is 1.97. The van der Waals surface area contributed by atoms with Crippen molar-refractivity contribution in [3.63, 3.8) is 0 Å². The van der Waals surface area contributed by atoms with Crippen LogP contribution in [-0.2, 0) is 6.54 Å². The van der Waals surface area contributed by atoms with Crippen molar-refractivity contribution in [1.82, 2.24) is 10.0 Å². The van der Waals surface area contributed by atoms with E-state index in [0.29, 0.717) is 5.56 Å². The Hall–Kier alpha value is -1.23. The van der Waals surface area contributed by atoms with Crippen LogP contribution in [0.5, 0.6) is 0 Å². The first-order valence-corrected chi connectivity index (χ1v) is 4.09. The molecule has 0 fully saturated rings. The molecule has 0 aromatic heterocycles. The largest absolute Gasteiger partial charge is 0.333 e. The topological polar surface area (TPSA) is 41.1 Å². The zero-order valence-corrected chi connectivity index (χ0v) is 7.64. The minimum Gasteiger partial charge on any atom is -0.333 e. The van der Waals surface area contributed by atoms with E-state index in [-0.39, 0.29) is 12.4 Å². The van der Waals surface area contributed by atoms with Crippen LogP contribution in [0, 0.1) is 5.82 Å². The van der Waals surface area contributed by atoms with Crippen molar-refractivity contribution < 1.29 is 9.18 Å². The third kappa shape index (κ3) is 3.33. The molecular formula is C8H9FN2OS. The van der Waals surface area contributed by atoms with Gasteiger partial charge in [-0.05, 0) is 17.7 Å².